The number of likely N-dealkylation sites (N-methyl/N-ethyl adjacent to an activating group) is 1. The van der Waals surface area contributed by atoms with Crippen molar-refractivity contribution in [3.05, 3.63) is 58.4 Å². The Kier molecular flexibility index (Phi) is 5.42. The Morgan fingerprint density at radius 3 is 2.61 bits per heavy atom. The zero-order valence-corrected chi connectivity index (χ0v) is 18.2. The van der Waals surface area contributed by atoms with Crippen LogP contribution in [0, 0.1) is 11.8 Å². The minimum Gasteiger partial charge on any atom is -0.508 e. The number of benzene rings is 1. The van der Waals surface area contributed by atoms with Crippen molar-refractivity contribution in [2.45, 2.75) is 31.4 Å². The second kappa shape index (κ2) is 7.86. The van der Waals surface area contributed by atoms with Crippen LogP contribution in [0.1, 0.15) is 29.5 Å². The molecule has 1 aromatic rings. The molecular formula is C24H26N2O7. The fourth-order valence-electron chi connectivity index (χ4n) is 5.34. The molecule has 0 radical (unpaired) electrons. The van der Waals surface area contributed by atoms with Gasteiger partial charge in [-0.25, -0.2) is 0 Å². The van der Waals surface area contributed by atoms with E-state index in [9.17, 15) is 34.8 Å². The van der Waals surface area contributed by atoms with Crippen LogP contribution in [0.5, 0.6) is 5.75 Å². The monoisotopic (exact) mass is 454 g/mol. The number of carbonyl (C=O) groups excluding carboxylic acids is 3. The van der Waals surface area contributed by atoms with Gasteiger partial charge in [0, 0.05) is 36.6 Å². The number of amides is 1. The Labute approximate surface area is 190 Å². The molecule has 33 heavy (non-hydrogen) atoms. The van der Waals surface area contributed by atoms with Crippen molar-refractivity contribution in [2.75, 3.05) is 13.6 Å². The molecule has 174 valence electrons. The molecule has 1 amide bonds. The number of rotatable bonds is 5. The number of aromatic hydroxyl groups is 1. The standard InChI is InChI=1S/C24H26N2O7/c1-3-6-26(2)10-12-5-4-11-7-13-8-14-9-15(27)18(23(25)32)22(31)24(14,33)21(30)17(13)20(29)16(11)19(12)28/h3-5,13-14,28-29,31,33H,1,6-10H2,2H3,(H2,25,32)/t13-,14-,24-/m0/s1. The predicted molar refractivity (Wildman–Crippen MR) is 118 cm³/mol. The Morgan fingerprint density at radius 2 is 1.97 bits per heavy atom. The molecule has 0 bridgehead atoms. The Balaban J connectivity index is 1.83. The molecular weight excluding hydrogens is 428 g/mol. The number of aliphatic hydroxyl groups is 3. The van der Waals surface area contributed by atoms with E-state index in [0.717, 1.165) is 0 Å². The minimum atomic E-state index is -2.55. The summed E-state index contributed by atoms with van der Waals surface area (Å²) in [6, 6.07) is 3.53. The third-order valence-corrected chi connectivity index (χ3v) is 6.90. The number of phenols is 1. The lowest BCUT2D eigenvalue weighted by molar-refractivity contribution is -0.147. The van der Waals surface area contributed by atoms with Crippen molar-refractivity contribution < 1.29 is 34.8 Å². The Bertz CT molecular complexity index is 1170. The highest BCUT2D eigenvalue weighted by molar-refractivity contribution is 6.22. The van der Waals surface area contributed by atoms with Gasteiger partial charge in [-0.15, -0.1) is 6.58 Å². The van der Waals surface area contributed by atoms with Crippen LogP contribution >= 0.6 is 0 Å². The average molecular weight is 454 g/mol. The van der Waals surface area contributed by atoms with Crippen LogP contribution in [-0.4, -0.2) is 62.0 Å². The van der Waals surface area contributed by atoms with Gasteiger partial charge in [-0.2, -0.15) is 0 Å². The first kappa shape index (κ1) is 22.8. The SMILES string of the molecule is C=CCN(C)Cc1ccc2c(c1O)C(O)=C1C(=O)[C@]3(O)C(O)=C(C(N)=O)C(=O)C[C@@H]3C[C@@H]1C2. The first-order valence-electron chi connectivity index (χ1n) is 10.6. The number of hydrogen-bond acceptors (Lipinski definition) is 8. The molecule has 4 rings (SSSR count). The number of fused-ring (bicyclic) bond motifs is 3. The van der Waals surface area contributed by atoms with Crippen LogP contribution in [0.15, 0.2) is 41.7 Å². The summed E-state index contributed by atoms with van der Waals surface area (Å²) in [5, 5.41) is 43.8. The second-order valence-electron chi connectivity index (χ2n) is 9.00. The number of aliphatic hydroxyl groups excluding tert-OH is 2. The molecule has 1 aromatic carbocycles. The number of nitrogens with two attached hydrogens (primary N) is 1. The van der Waals surface area contributed by atoms with Crippen LogP contribution in [0.4, 0.5) is 0 Å². The molecule has 0 heterocycles. The van der Waals surface area contributed by atoms with Gasteiger partial charge in [0.05, 0.1) is 5.56 Å². The minimum absolute atomic E-state index is 0.103. The van der Waals surface area contributed by atoms with Crippen LogP contribution in [-0.2, 0) is 27.3 Å². The summed E-state index contributed by atoms with van der Waals surface area (Å²) >= 11 is 0. The first-order valence-corrected chi connectivity index (χ1v) is 10.6. The molecule has 9 heteroatoms. The van der Waals surface area contributed by atoms with Crippen LogP contribution in [0.2, 0.25) is 0 Å². The van der Waals surface area contributed by atoms with E-state index in [-0.39, 0.29) is 29.7 Å². The van der Waals surface area contributed by atoms with Gasteiger partial charge in [0.15, 0.2) is 11.4 Å². The summed E-state index contributed by atoms with van der Waals surface area (Å²) < 4.78 is 0. The largest absolute Gasteiger partial charge is 0.508 e. The number of ketones is 2. The third-order valence-electron chi connectivity index (χ3n) is 6.90. The van der Waals surface area contributed by atoms with E-state index in [1.165, 1.54) is 0 Å². The third kappa shape index (κ3) is 3.27. The van der Waals surface area contributed by atoms with Crippen molar-refractivity contribution in [3.63, 3.8) is 0 Å². The van der Waals surface area contributed by atoms with E-state index in [0.29, 0.717) is 30.6 Å². The molecule has 0 unspecified atom stereocenters. The van der Waals surface area contributed by atoms with Gasteiger partial charge in [0.2, 0.25) is 5.78 Å². The van der Waals surface area contributed by atoms with Crippen LogP contribution < -0.4 is 5.73 Å². The van der Waals surface area contributed by atoms with E-state index in [1.54, 1.807) is 18.2 Å². The molecule has 1 saturated carbocycles. The highest BCUT2D eigenvalue weighted by Gasteiger charge is 2.60. The number of nitrogens with zero attached hydrogens (tertiary/aromatic N) is 1. The summed E-state index contributed by atoms with van der Waals surface area (Å²) in [6.07, 6.45) is 1.80. The van der Waals surface area contributed by atoms with Crippen LogP contribution in [0.3, 0.4) is 0 Å². The number of carbonyl (C=O) groups is 3. The summed E-state index contributed by atoms with van der Waals surface area (Å²) in [7, 11) is 1.84. The molecule has 0 saturated heterocycles. The molecule has 9 nitrogen and oxygen atoms in total. The maximum Gasteiger partial charge on any atom is 0.255 e. The fraction of sp³-hybridized carbons (Fsp3) is 0.375. The number of primary amides is 1. The lowest BCUT2D eigenvalue weighted by Crippen LogP contribution is -2.58. The summed E-state index contributed by atoms with van der Waals surface area (Å²) in [5.41, 5.74) is 2.97. The van der Waals surface area contributed by atoms with Gasteiger partial charge < -0.3 is 26.2 Å². The fourth-order valence-corrected chi connectivity index (χ4v) is 5.34. The van der Waals surface area contributed by atoms with Gasteiger partial charge in [-0.3, -0.25) is 19.3 Å². The van der Waals surface area contributed by atoms with Crippen molar-refractivity contribution in [3.8, 4) is 5.75 Å². The molecule has 3 aliphatic rings. The number of Topliss-reactive ketones (excluding diaryl/α,β-unsaturated/α-hetero) is 2. The average Bonchev–Trinajstić information content (AvgIpc) is 2.72. The molecule has 3 atom stereocenters. The summed E-state index contributed by atoms with van der Waals surface area (Å²) in [4.78, 5) is 39.4. The van der Waals surface area contributed by atoms with E-state index >= 15 is 0 Å². The lowest BCUT2D eigenvalue weighted by Gasteiger charge is -2.46. The second-order valence-corrected chi connectivity index (χ2v) is 9.00. The normalized spacial score (nSPS) is 26.8. The smallest absolute Gasteiger partial charge is 0.255 e. The maximum atomic E-state index is 13.5. The first-order chi connectivity index (χ1) is 15.5. The lowest BCUT2D eigenvalue weighted by atomic mass is 9.59. The van der Waals surface area contributed by atoms with Crippen molar-refractivity contribution >= 4 is 23.2 Å². The van der Waals surface area contributed by atoms with Crippen molar-refractivity contribution in [1.29, 1.82) is 0 Å². The molecule has 3 aliphatic carbocycles. The molecule has 0 aromatic heterocycles. The van der Waals surface area contributed by atoms with Gasteiger partial charge >= 0.3 is 0 Å². The maximum absolute atomic E-state index is 13.5. The highest BCUT2D eigenvalue weighted by Crippen LogP contribution is 2.52. The van der Waals surface area contributed by atoms with E-state index in [1.807, 2.05) is 11.9 Å². The molecule has 0 spiro atoms. The topological polar surface area (TPSA) is 161 Å². The van der Waals surface area contributed by atoms with Gasteiger partial charge in [0.25, 0.3) is 5.91 Å². The number of hydrogen-bond donors (Lipinski definition) is 5. The zero-order chi connectivity index (χ0) is 24.2. The van der Waals surface area contributed by atoms with Gasteiger partial charge in [-0.05, 0) is 31.4 Å². The van der Waals surface area contributed by atoms with E-state index in [2.05, 4.69) is 6.58 Å². The van der Waals surface area contributed by atoms with Gasteiger partial charge in [-0.1, -0.05) is 18.2 Å². The highest BCUT2D eigenvalue weighted by atomic mass is 16.3. The van der Waals surface area contributed by atoms with Crippen molar-refractivity contribution in [2.24, 2.45) is 17.6 Å². The molecule has 1 fully saturated rings. The number of phenolic OH excluding ortho intramolecular Hbond substituents is 1. The summed E-state index contributed by atoms with van der Waals surface area (Å²) in [6.45, 7) is 4.62. The Morgan fingerprint density at radius 1 is 1.27 bits per heavy atom. The Hall–Kier alpha value is -3.43. The van der Waals surface area contributed by atoms with E-state index in [4.69, 9.17) is 5.73 Å². The quantitative estimate of drug-likeness (QED) is 0.326. The van der Waals surface area contributed by atoms with E-state index < -0.39 is 52.0 Å². The molecule has 6 N–H and O–H groups in total. The van der Waals surface area contributed by atoms with Crippen LogP contribution in [0.25, 0.3) is 5.76 Å². The molecule has 0 aliphatic heterocycles. The van der Waals surface area contributed by atoms with Crippen molar-refractivity contribution in [1.82, 2.24) is 4.90 Å². The zero-order valence-electron chi connectivity index (χ0n) is 18.2. The van der Waals surface area contributed by atoms with Gasteiger partial charge in [0.1, 0.15) is 22.8 Å². The predicted octanol–water partition coefficient (Wildman–Crippen LogP) is 1.04. The summed E-state index contributed by atoms with van der Waals surface area (Å²) in [5.74, 6) is -6.19.